The van der Waals surface area contributed by atoms with Gasteiger partial charge in [0.15, 0.2) is 11.9 Å². The fraction of sp³-hybridized carbons (Fsp3) is 0.211. The van der Waals surface area contributed by atoms with Gasteiger partial charge in [-0.3, -0.25) is 35.3 Å². The molecule has 0 fully saturated rings. The molecule has 0 aliphatic heterocycles. The predicted molar refractivity (Wildman–Crippen MR) is 104 cm³/mol. The van der Waals surface area contributed by atoms with Crippen LogP contribution in [0.4, 0.5) is 11.4 Å². The van der Waals surface area contributed by atoms with Gasteiger partial charge in [0.2, 0.25) is 11.8 Å². The van der Waals surface area contributed by atoms with Gasteiger partial charge < -0.3 is 10.1 Å². The summed E-state index contributed by atoms with van der Waals surface area (Å²) >= 11 is 0. The summed E-state index contributed by atoms with van der Waals surface area (Å²) in [6, 6.07) is 14.4. The van der Waals surface area contributed by atoms with Gasteiger partial charge in [0.25, 0.3) is 5.91 Å². The highest BCUT2D eigenvalue weighted by Crippen LogP contribution is 2.26. The highest BCUT2D eigenvalue weighted by atomic mass is 16.6. The molecule has 3 N–H and O–H groups in total. The summed E-state index contributed by atoms with van der Waals surface area (Å²) in [4.78, 5) is 45.9. The fourth-order valence-corrected chi connectivity index (χ4v) is 2.22. The monoisotopic (exact) mass is 400 g/mol. The molecule has 0 saturated heterocycles. The molecule has 29 heavy (non-hydrogen) atoms. The molecule has 152 valence electrons. The summed E-state index contributed by atoms with van der Waals surface area (Å²) in [7, 11) is 0. The van der Waals surface area contributed by atoms with Crippen LogP contribution in [-0.4, -0.2) is 28.7 Å². The number of hydrogen-bond acceptors (Lipinski definition) is 6. The smallest absolute Gasteiger partial charge is 0.310 e. The van der Waals surface area contributed by atoms with E-state index in [1.54, 1.807) is 24.3 Å². The summed E-state index contributed by atoms with van der Waals surface area (Å²) in [5.74, 6) is -1.68. The molecule has 0 heterocycles. The minimum atomic E-state index is -1.10. The molecule has 0 aromatic heterocycles. The van der Waals surface area contributed by atoms with Crippen LogP contribution in [0.2, 0.25) is 0 Å². The van der Waals surface area contributed by atoms with Gasteiger partial charge in [0, 0.05) is 24.6 Å². The van der Waals surface area contributed by atoms with Gasteiger partial charge in [0.05, 0.1) is 4.92 Å². The van der Waals surface area contributed by atoms with Crippen molar-refractivity contribution in [1.82, 2.24) is 10.9 Å². The Balaban J connectivity index is 1.74. The predicted octanol–water partition coefficient (Wildman–Crippen LogP) is 1.93. The number of carbonyl (C=O) groups excluding carboxylic acids is 3. The van der Waals surface area contributed by atoms with Gasteiger partial charge in [-0.05, 0) is 25.1 Å². The van der Waals surface area contributed by atoms with E-state index in [1.807, 2.05) is 6.07 Å². The zero-order valence-corrected chi connectivity index (χ0v) is 15.6. The van der Waals surface area contributed by atoms with E-state index < -0.39 is 22.8 Å². The van der Waals surface area contributed by atoms with Crippen molar-refractivity contribution in [2.45, 2.75) is 25.9 Å². The third-order valence-electron chi connectivity index (χ3n) is 3.70. The number of hydrogen-bond donors (Lipinski definition) is 3. The molecule has 3 amide bonds. The Morgan fingerprint density at radius 3 is 2.28 bits per heavy atom. The van der Waals surface area contributed by atoms with E-state index in [0.717, 1.165) is 0 Å². The second-order valence-corrected chi connectivity index (χ2v) is 5.94. The lowest BCUT2D eigenvalue weighted by molar-refractivity contribution is -0.386. The lowest BCUT2D eigenvalue weighted by Crippen LogP contribution is -2.47. The normalized spacial score (nSPS) is 11.1. The van der Waals surface area contributed by atoms with E-state index in [9.17, 15) is 24.5 Å². The Bertz CT molecular complexity index is 887. The number of carbonyl (C=O) groups is 3. The van der Waals surface area contributed by atoms with Crippen LogP contribution >= 0.6 is 0 Å². The van der Waals surface area contributed by atoms with Crippen molar-refractivity contribution < 1.29 is 24.0 Å². The molecule has 10 nitrogen and oxygen atoms in total. The van der Waals surface area contributed by atoms with Crippen molar-refractivity contribution in [1.29, 1.82) is 0 Å². The zero-order valence-electron chi connectivity index (χ0n) is 15.6. The van der Waals surface area contributed by atoms with E-state index in [4.69, 9.17) is 4.74 Å². The van der Waals surface area contributed by atoms with Crippen molar-refractivity contribution in [3.63, 3.8) is 0 Å². The first-order valence-corrected chi connectivity index (χ1v) is 8.70. The van der Waals surface area contributed by atoms with Crippen molar-refractivity contribution in [2.75, 3.05) is 5.32 Å². The Kier molecular flexibility index (Phi) is 7.66. The number of nitrogens with one attached hydrogen (secondary N) is 3. The Hall–Kier alpha value is -3.95. The van der Waals surface area contributed by atoms with Crippen molar-refractivity contribution in [2.24, 2.45) is 0 Å². The highest BCUT2D eigenvalue weighted by Gasteiger charge is 2.21. The average Bonchev–Trinajstić information content (AvgIpc) is 2.71. The van der Waals surface area contributed by atoms with Gasteiger partial charge in [0.1, 0.15) is 0 Å². The van der Waals surface area contributed by atoms with Crippen LogP contribution in [-0.2, 0) is 14.4 Å². The number of anilines is 1. The number of nitro benzene ring substituents is 1. The maximum absolute atomic E-state index is 12.0. The molecule has 2 aromatic rings. The van der Waals surface area contributed by atoms with Crippen LogP contribution in [0.1, 0.15) is 19.8 Å². The molecule has 0 aliphatic carbocycles. The lowest BCUT2D eigenvalue weighted by Gasteiger charge is -2.15. The van der Waals surface area contributed by atoms with E-state index in [-0.39, 0.29) is 30.2 Å². The van der Waals surface area contributed by atoms with Gasteiger partial charge >= 0.3 is 5.69 Å². The van der Waals surface area contributed by atoms with Crippen LogP contribution in [0, 0.1) is 10.1 Å². The molecule has 2 aromatic carbocycles. The zero-order chi connectivity index (χ0) is 21.2. The first-order chi connectivity index (χ1) is 13.9. The first kappa shape index (κ1) is 21.4. The molecule has 0 aliphatic rings. The number of benzene rings is 2. The maximum Gasteiger partial charge on any atom is 0.310 e. The molecule has 0 radical (unpaired) electrons. The minimum absolute atomic E-state index is 0.0657. The largest absolute Gasteiger partial charge is 0.474 e. The highest BCUT2D eigenvalue weighted by molar-refractivity contribution is 5.93. The first-order valence-electron chi connectivity index (χ1n) is 8.70. The quantitative estimate of drug-likeness (QED) is 0.457. The van der Waals surface area contributed by atoms with Crippen LogP contribution in [0.5, 0.6) is 5.75 Å². The standard InChI is InChI=1S/C19H20N4O6/c1-13(29-16-10-6-5-9-15(16)23(27)28)19(26)22-21-18(25)12-11-17(24)20-14-7-3-2-4-8-14/h2-10,13H,11-12H2,1H3,(H,20,24)(H,21,25)(H,22,26). The van der Waals surface area contributed by atoms with Crippen molar-refractivity contribution in [3.8, 4) is 5.75 Å². The SMILES string of the molecule is CC(Oc1ccccc1[N+](=O)[O-])C(=O)NNC(=O)CCC(=O)Nc1ccccc1. The second kappa shape index (κ2) is 10.4. The Morgan fingerprint density at radius 2 is 1.59 bits per heavy atom. The van der Waals surface area contributed by atoms with E-state index in [0.29, 0.717) is 5.69 Å². The van der Waals surface area contributed by atoms with Crippen LogP contribution in [0.15, 0.2) is 54.6 Å². The average molecular weight is 400 g/mol. The molecule has 10 heteroatoms. The number of amides is 3. The molecule has 1 unspecified atom stereocenters. The van der Waals surface area contributed by atoms with E-state index in [1.165, 1.54) is 31.2 Å². The molecule has 2 rings (SSSR count). The number of rotatable bonds is 8. The fourth-order valence-electron chi connectivity index (χ4n) is 2.22. The Morgan fingerprint density at radius 1 is 0.966 bits per heavy atom. The van der Waals surface area contributed by atoms with Crippen molar-refractivity contribution >= 4 is 29.1 Å². The minimum Gasteiger partial charge on any atom is -0.474 e. The molecular weight excluding hydrogens is 380 g/mol. The summed E-state index contributed by atoms with van der Waals surface area (Å²) in [5.41, 5.74) is 4.67. The molecule has 0 spiro atoms. The summed E-state index contributed by atoms with van der Waals surface area (Å²) in [6.45, 7) is 1.38. The van der Waals surface area contributed by atoms with Crippen molar-refractivity contribution in [3.05, 3.63) is 64.7 Å². The Labute approximate surface area is 166 Å². The third-order valence-corrected chi connectivity index (χ3v) is 3.70. The number of nitro groups is 1. The number of hydrazine groups is 1. The molecule has 0 bridgehead atoms. The second-order valence-electron chi connectivity index (χ2n) is 5.94. The number of nitrogens with zero attached hydrogens (tertiary/aromatic N) is 1. The summed E-state index contributed by atoms with van der Waals surface area (Å²) in [5, 5.41) is 13.6. The number of ether oxygens (including phenoxy) is 1. The molecule has 1 atom stereocenters. The van der Waals surface area contributed by atoms with Gasteiger partial charge in [-0.25, -0.2) is 0 Å². The number of para-hydroxylation sites is 3. The van der Waals surface area contributed by atoms with Crippen LogP contribution in [0.25, 0.3) is 0 Å². The van der Waals surface area contributed by atoms with Gasteiger partial charge in [-0.1, -0.05) is 30.3 Å². The molecular formula is C19H20N4O6. The van der Waals surface area contributed by atoms with E-state index >= 15 is 0 Å². The van der Waals surface area contributed by atoms with Crippen LogP contribution < -0.4 is 20.9 Å². The van der Waals surface area contributed by atoms with Gasteiger partial charge in [-0.15, -0.1) is 0 Å². The van der Waals surface area contributed by atoms with E-state index in [2.05, 4.69) is 16.2 Å². The summed E-state index contributed by atoms with van der Waals surface area (Å²) < 4.78 is 5.30. The summed E-state index contributed by atoms with van der Waals surface area (Å²) in [6.07, 6.45) is -1.31. The topological polar surface area (TPSA) is 140 Å². The molecule has 0 saturated carbocycles. The van der Waals surface area contributed by atoms with Gasteiger partial charge in [-0.2, -0.15) is 0 Å². The maximum atomic E-state index is 12.0. The lowest BCUT2D eigenvalue weighted by atomic mass is 10.2. The van der Waals surface area contributed by atoms with Crippen LogP contribution in [0.3, 0.4) is 0 Å². The third kappa shape index (κ3) is 6.94.